The number of ether oxygens (including phenoxy) is 4. The second-order valence-electron chi connectivity index (χ2n) is 10.9. The summed E-state index contributed by atoms with van der Waals surface area (Å²) < 4.78 is 24.3. The van der Waals surface area contributed by atoms with Gasteiger partial charge in [0.05, 0.1) is 28.4 Å². The molecular weight excluding hydrogens is 604 g/mol. The number of carbonyl (C=O) groups is 2. The highest BCUT2D eigenvalue weighted by molar-refractivity contribution is 7.22. The molecule has 1 saturated heterocycles. The molecule has 1 N–H and O–H groups in total. The Balaban J connectivity index is 1.36. The topological polar surface area (TPSA) is 107 Å². The van der Waals surface area contributed by atoms with Gasteiger partial charge < -0.3 is 24.1 Å². The van der Waals surface area contributed by atoms with Gasteiger partial charge in [-0.15, -0.1) is 0 Å². The molecule has 9 nitrogen and oxygen atoms in total. The number of amides is 1. The lowest BCUT2D eigenvalue weighted by Crippen LogP contribution is -2.29. The van der Waals surface area contributed by atoms with E-state index < -0.39 is 17.7 Å². The number of fused-ring (bicyclic) bond motifs is 2. The van der Waals surface area contributed by atoms with Gasteiger partial charge in [0.25, 0.3) is 5.78 Å². The highest BCUT2D eigenvalue weighted by atomic mass is 32.1. The largest absolute Gasteiger partial charge is 0.507 e. The van der Waals surface area contributed by atoms with Crippen LogP contribution in [0.5, 0.6) is 23.0 Å². The van der Waals surface area contributed by atoms with Crippen molar-refractivity contribution in [3.63, 3.8) is 0 Å². The van der Waals surface area contributed by atoms with E-state index in [1.54, 1.807) is 36.4 Å². The van der Waals surface area contributed by atoms with Gasteiger partial charge in [-0.05, 0) is 73.0 Å². The van der Waals surface area contributed by atoms with Crippen molar-refractivity contribution in [2.45, 2.75) is 26.5 Å². The van der Waals surface area contributed by atoms with Crippen LogP contribution in [0.25, 0.3) is 16.0 Å². The van der Waals surface area contributed by atoms with Gasteiger partial charge in [0, 0.05) is 5.56 Å². The van der Waals surface area contributed by atoms with Gasteiger partial charge in [-0.1, -0.05) is 53.8 Å². The van der Waals surface area contributed by atoms with Crippen molar-refractivity contribution < 1.29 is 33.6 Å². The molecule has 0 aliphatic carbocycles. The quantitative estimate of drug-likeness (QED) is 0.111. The first-order valence-electron chi connectivity index (χ1n) is 14.9. The second-order valence-corrected chi connectivity index (χ2v) is 11.9. The predicted molar refractivity (Wildman–Crippen MR) is 175 cm³/mol. The van der Waals surface area contributed by atoms with Gasteiger partial charge in [-0.2, -0.15) is 0 Å². The molecule has 0 saturated carbocycles. The smallest absolute Gasteiger partial charge is 0.301 e. The molecule has 1 amide bonds. The molecule has 5 aromatic rings. The van der Waals surface area contributed by atoms with E-state index in [4.69, 9.17) is 23.9 Å². The number of aromatic nitrogens is 1. The van der Waals surface area contributed by atoms with Crippen LogP contribution in [0.2, 0.25) is 0 Å². The minimum Gasteiger partial charge on any atom is -0.507 e. The SMILES string of the molecule is CCOc1cc([C@@H]2C(=C(O)c3ccc4c(c3)OCCO4)C(=O)C(=O)N2c2nc3ccc(C)cc3s2)ccc1OCc1ccccc1. The minimum absolute atomic E-state index is 0.0717. The maximum atomic E-state index is 13.8. The first-order valence-corrected chi connectivity index (χ1v) is 15.7. The Bertz CT molecular complexity index is 2000. The average Bonchev–Trinajstić information content (AvgIpc) is 3.61. The van der Waals surface area contributed by atoms with Crippen LogP contribution < -0.4 is 23.8 Å². The van der Waals surface area contributed by atoms with E-state index in [-0.39, 0.29) is 11.3 Å². The van der Waals surface area contributed by atoms with Gasteiger partial charge in [0.15, 0.2) is 28.1 Å². The van der Waals surface area contributed by atoms with Crippen molar-refractivity contribution in [1.82, 2.24) is 4.98 Å². The molecule has 46 heavy (non-hydrogen) atoms. The molecule has 1 atom stereocenters. The second kappa shape index (κ2) is 12.2. The fourth-order valence-electron chi connectivity index (χ4n) is 5.63. The van der Waals surface area contributed by atoms with E-state index >= 15 is 0 Å². The Morgan fingerprint density at radius 2 is 1.74 bits per heavy atom. The number of aryl methyl sites for hydroxylation is 1. The molecular formula is C36H30N2O7S. The molecule has 10 heteroatoms. The highest BCUT2D eigenvalue weighted by Gasteiger charge is 2.48. The number of aliphatic hydroxyl groups is 1. The number of hydrogen-bond acceptors (Lipinski definition) is 9. The summed E-state index contributed by atoms with van der Waals surface area (Å²) in [4.78, 5) is 33.8. The molecule has 3 heterocycles. The van der Waals surface area contributed by atoms with Crippen LogP contribution in [-0.4, -0.2) is 41.6 Å². The third kappa shape index (κ3) is 5.41. The summed E-state index contributed by atoms with van der Waals surface area (Å²) in [6, 6.07) is 24.8. The third-order valence-corrected chi connectivity index (χ3v) is 8.84. The van der Waals surface area contributed by atoms with Crippen molar-refractivity contribution in [3.8, 4) is 23.0 Å². The maximum absolute atomic E-state index is 13.8. The summed E-state index contributed by atoms with van der Waals surface area (Å²) in [5, 5.41) is 12.1. The monoisotopic (exact) mass is 634 g/mol. The van der Waals surface area contributed by atoms with E-state index in [2.05, 4.69) is 0 Å². The summed E-state index contributed by atoms with van der Waals surface area (Å²) in [5.41, 5.74) is 3.54. The standard InChI is InChI=1S/C36H30N2O7S/c1-3-42-28-18-23(10-13-27(28)45-20-22-7-5-4-6-8-22)32-31(33(39)24-11-14-26-29(19-24)44-16-15-43-26)34(40)35(41)38(32)36-37-25-12-9-21(2)17-30(25)46-36/h4-14,17-19,32,39H,3,15-16,20H2,1-2H3/t32-/m1/s1. The molecule has 0 spiro atoms. The Morgan fingerprint density at radius 3 is 2.54 bits per heavy atom. The normalized spacial score (nSPS) is 17.0. The number of aliphatic hydroxyl groups excluding tert-OH is 1. The summed E-state index contributed by atoms with van der Waals surface area (Å²) in [6.45, 7) is 5.31. The van der Waals surface area contributed by atoms with Crippen LogP contribution in [0.3, 0.4) is 0 Å². The van der Waals surface area contributed by atoms with Gasteiger partial charge in [-0.25, -0.2) is 4.98 Å². The van der Waals surface area contributed by atoms with E-state index in [9.17, 15) is 14.7 Å². The van der Waals surface area contributed by atoms with Crippen LogP contribution in [0, 0.1) is 6.92 Å². The number of benzene rings is 4. The van der Waals surface area contributed by atoms with Crippen molar-refractivity contribution >= 4 is 44.1 Å². The first kappa shape index (κ1) is 29.4. The minimum atomic E-state index is -1.00. The molecule has 0 unspecified atom stereocenters. The molecule has 4 aromatic carbocycles. The number of rotatable bonds is 8. The van der Waals surface area contributed by atoms with E-state index in [1.807, 2.05) is 62.4 Å². The first-order chi connectivity index (χ1) is 22.4. The number of anilines is 1. The molecule has 2 aliphatic rings. The number of carbonyl (C=O) groups excluding carboxylic acids is 2. The molecule has 7 rings (SSSR count). The molecule has 0 bridgehead atoms. The predicted octanol–water partition coefficient (Wildman–Crippen LogP) is 6.98. The Hall–Kier alpha value is -5.35. The summed E-state index contributed by atoms with van der Waals surface area (Å²) in [5.74, 6) is -0.00719. The van der Waals surface area contributed by atoms with E-state index in [0.29, 0.717) is 71.2 Å². The molecule has 1 aromatic heterocycles. The van der Waals surface area contributed by atoms with Crippen molar-refractivity contribution in [3.05, 3.63) is 113 Å². The van der Waals surface area contributed by atoms with Crippen molar-refractivity contribution in [2.24, 2.45) is 0 Å². The zero-order valence-corrected chi connectivity index (χ0v) is 26.0. The Kier molecular flexibility index (Phi) is 7.79. The van der Waals surface area contributed by atoms with Gasteiger partial charge >= 0.3 is 5.91 Å². The van der Waals surface area contributed by atoms with Crippen LogP contribution >= 0.6 is 11.3 Å². The fraction of sp³-hybridized carbons (Fsp3) is 0.194. The summed E-state index contributed by atoms with van der Waals surface area (Å²) in [7, 11) is 0. The number of thiazole rings is 1. The lowest BCUT2D eigenvalue weighted by Gasteiger charge is -2.24. The number of ketones is 1. The maximum Gasteiger partial charge on any atom is 0.301 e. The lowest BCUT2D eigenvalue weighted by atomic mass is 9.95. The molecule has 2 aliphatic heterocycles. The molecule has 0 radical (unpaired) electrons. The highest BCUT2D eigenvalue weighted by Crippen LogP contribution is 2.46. The fourth-order valence-corrected chi connectivity index (χ4v) is 6.72. The number of hydrogen-bond donors (Lipinski definition) is 1. The number of nitrogens with zero attached hydrogens (tertiary/aromatic N) is 2. The lowest BCUT2D eigenvalue weighted by molar-refractivity contribution is -0.132. The zero-order valence-electron chi connectivity index (χ0n) is 25.2. The Morgan fingerprint density at radius 1 is 0.935 bits per heavy atom. The van der Waals surface area contributed by atoms with Crippen LogP contribution in [0.1, 0.15) is 35.2 Å². The van der Waals surface area contributed by atoms with Gasteiger partial charge in [0.2, 0.25) is 0 Å². The number of Topliss-reactive ketones (excluding diaryl/α,β-unsaturated/α-hetero) is 1. The summed E-state index contributed by atoms with van der Waals surface area (Å²) in [6.07, 6.45) is 0. The van der Waals surface area contributed by atoms with E-state index in [0.717, 1.165) is 15.8 Å². The van der Waals surface area contributed by atoms with Gasteiger partial charge in [-0.3, -0.25) is 14.5 Å². The average molecular weight is 635 g/mol. The van der Waals surface area contributed by atoms with E-state index in [1.165, 1.54) is 16.2 Å². The van der Waals surface area contributed by atoms with Crippen LogP contribution in [0.15, 0.2) is 90.5 Å². The third-order valence-electron chi connectivity index (χ3n) is 7.82. The summed E-state index contributed by atoms with van der Waals surface area (Å²) >= 11 is 1.31. The molecule has 232 valence electrons. The Labute approximate surface area is 269 Å². The van der Waals surface area contributed by atoms with Crippen LogP contribution in [0.4, 0.5) is 5.13 Å². The zero-order chi connectivity index (χ0) is 31.8. The molecule has 1 fully saturated rings. The van der Waals surface area contributed by atoms with Crippen molar-refractivity contribution in [2.75, 3.05) is 24.7 Å². The van der Waals surface area contributed by atoms with Crippen LogP contribution in [-0.2, 0) is 16.2 Å². The van der Waals surface area contributed by atoms with Crippen molar-refractivity contribution in [1.29, 1.82) is 0 Å². The van der Waals surface area contributed by atoms with Gasteiger partial charge in [0.1, 0.15) is 25.6 Å².